The summed E-state index contributed by atoms with van der Waals surface area (Å²) >= 11 is 1.47. The van der Waals surface area contributed by atoms with Gasteiger partial charge < -0.3 is 18.9 Å². The molecule has 0 fully saturated rings. The number of aryl methyl sites for hydroxylation is 1. The second-order valence-corrected chi connectivity index (χ2v) is 7.96. The number of carbonyl (C=O) groups excluding carboxylic acids is 1. The summed E-state index contributed by atoms with van der Waals surface area (Å²) in [6.07, 6.45) is 0.702. The highest BCUT2D eigenvalue weighted by Crippen LogP contribution is 2.34. The molecule has 162 valence electrons. The largest absolute Gasteiger partial charge is 0.490 e. The Labute approximate surface area is 184 Å². The lowest BCUT2D eigenvalue weighted by Gasteiger charge is -2.12. The first-order valence-electron chi connectivity index (χ1n) is 10.1. The van der Waals surface area contributed by atoms with Crippen LogP contribution in [0.1, 0.15) is 40.3 Å². The number of rotatable bonds is 8. The van der Waals surface area contributed by atoms with Gasteiger partial charge in [-0.3, -0.25) is 10.1 Å². The molecule has 1 aliphatic heterocycles. The van der Waals surface area contributed by atoms with Crippen molar-refractivity contribution in [1.82, 2.24) is 4.98 Å². The van der Waals surface area contributed by atoms with E-state index in [0.29, 0.717) is 41.8 Å². The van der Waals surface area contributed by atoms with Crippen molar-refractivity contribution in [3.8, 4) is 23.0 Å². The van der Waals surface area contributed by atoms with Crippen molar-refractivity contribution in [2.45, 2.75) is 27.2 Å². The molecule has 2 aromatic carbocycles. The van der Waals surface area contributed by atoms with Gasteiger partial charge in [0.2, 0.25) is 6.79 Å². The fraction of sp³-hybridized carbons (Fsp3) is 0.304. The minimum absolute atomic E-state index is 0.243. The van der Waals surface area contributed by atoms with Crippen LogP contribution in [0.2, 0.25) is 0 Å². The van der Waals surface area contributed by atoms with E-state index in [0.717, 1.165) is 27.6 Å². The highest BCUT2D eigenvalue weighted by atomic mass is 32.1. The average Bonchev–Trinajstić information content (AvgIpc) is 3.35. The van der Waals surface area contributed by atoms with Gasteiger partial charge in [-0.15, -0.1) is 11.3 Å². The van der Waals surface area contributed by atoms with Gasteiger partial charge in [-0.1, -0.05) is 6.07 Å². The standard InChI is InChI=1S/C23H24N2O5S/c1-4-27-17-9-7-16(12-20(17)28-5-2)22(26)25-23-24-14(3)21(31-23)11-15-6-8-18-19(10-15)30-13-29-18/h6-10,12H,4-5,11,13H2,1-3H3,(H,24,25,26). The van der Waals surface area contributed by atoms with Crippen LogP contribution in [0.5, 0.6) is 23.0 Å². The lowest BCUT2D eigenvalue weighted by Crippen LogP contribution is -2.12. The van der Waals surface area contributed by atoms with E-state index in [-0.39, 0.29) is 12.7 Å². The zero-order valence-corrected chi connectivity index (χ0v) is 18.5. The molecule has 0 saturated heterocycles. The summed E-state index contributed by atoms with van der Waals surface area (Å²) in [5.41, 5.74) is 2.47. The van der Waals surface area contributed by atoms with Crippen LogP contribution in [-0.4, -0.2) is 30.9 Å². The molecule has 0 bridgehead atoms. The highest BCUT2D eigenvalue weighted by Gasteiger charge is 2.17. The van der Waals surface area contributed by atoms with E-state index in [1.54, 1.807) is 18.2 Å². The molecule has 0 atom stereocenters. The van der Waals surface area contributed by atoms with Crippen LogP contribution in [0.15, 0.2) is 36.4 Å². The van der Waals surface area contributed by atoms with Gasteiger partial charge in [-0.25, -0.2) is 4.98 Å². The van der Waals surface area contributed by atoms with Gasteiger partial charge in [0.25, 0.3) is 5.91 Å². The van der Waals surface area contributed by atoms with Crippen molar-refractivity contribution >= 4 is 22.4 Å². The highest BCUT2D eigenvalue weighted by molar-refractivity contribution is 7.15. The SMILES string of the molecule is CCOc1ccc(C(=O)Nc2nc(C)c(Cc3ccc4c(c3)OCO4)s2)cc1OCC. The summed E-state index contributed by atoms with van der Waals surface area (Å²) in [5.74, 6) is 2.45. The van der Waals surface area contributed by atoms with E-state index in [4.69, 9.17) is 18.9 Å². The second-order valence-electron chi connectivity index (χ2n) is 6.87. The van der Waals surface area contributed by atoms with Gasteiger partial charge in [0.1, 0.15) is 0 Å². The van der Waals surface area contributed by atoms with Gasteiger partial charge in [-0.05, 0) is 56.7 Å². The molecule has 8 heteroatoms. The second kappa shape index (κ2) is 9.26. The molecule has 7 nitrogen and oxygen atoms in total. The number of carbonyl (C=O) groups is 1. The fourth-order valence-corrected chi connectivity index (χ4v) is 4.24. The fourth-order valence-electron chi connectivity index (χ4n) is 3.24. The van der Waals surface area contributed by atoms with E-state index in [2.05, 4.69) is 10.3 Å². The molecule has 1 N–H and O–H groups in total. The number of ether oxygens (including phenoxy) is 4. The number of benzene rings is 2. The van der Waals surface area contributed by atoms with E-state index in [9.17, 15) is 4.79 Å². The molecular weight excluding hydrogens is 416 g/mol. The molecule has 1 aromatic heterocycles. The third kappa shape index (κ3) is 4.74. The monoisotopic (exact) mass is 440 g/mol. The maximum absolute atomic E-state index is 12.8. The lowest BCUT2D eigenvalue weighted by atomic mass is 10.1. The molecule has 1 amide bonds. The first kappa shape index (κ1) is 21.0. The Morgan fingerprint density at radius 3 is 2.65 bits per heavy atom. The third-order valence-electron chi connectivity index (χ3n) is 4.72. The molecule has 31 heavy (non-hydrogen) atoms. The number of nitrogens with zero attached hydrogens (tertiary/aromatic N) is 1. The third-order valence-corrected chi connectivity index (χ3v) is 5.79. The Morgan fingerprint density at radius 1 is 1.06 bits per heavy atom. The summed E-state index contributed by atoms with van der Waals surface area (Å²) in [6.45, 7) is 7.00. The Kier molecular flexibility index (Phi) is 6.27. The Bertz CT molecular complexity index is 1100. The van der Waals surface area contributed by atoms with Crippen LogP contribution in [-0.2, 0) is 6.42 Å². The predicted octanol–water partition coefficient (Wildman–Crippen LogP) is 4.82. The van der Waals surface area contributed by atoms with Crippen LogP contribution < -0.4 is 24.3 Å². The summed E-state index contributed by atoms with van der Waals surface area (Å²) < 4.78 is 22.0. The van der Waals surface area contributed by atoms with Crippen molar-refractivity contribution in [3.05, 3.63) is 58.1 Å². The van der Waals surface area contributed by atoms with Gasteiger partial charge in [0.05, 0.1) is 18.9 Å². The van der Waals surface area contributed by atoms with Crippen LogP contribution in [0.4, 0.5) is 5.13 Å². The Balaban J connectivity index is 1.47. The first-order chi connectivity index (χ1) is 15.1. The molecule has 0 aliphatic carbocycles. The van der Waals surface area contributed by atoms with Crippen molar-refractivity contribution in [2.24, 2.45) is 0 Å². The number of fused-ring (bicyclic) bond motifs is 1. The van der Waals surface area contributed by atoms with Crippen molar-refractivity contribution in [2.75, 3.05) is 25.3 Å². The number of aromatic nitrogens is 1. The molecule has 0 unspecified atom stereocenters. The van der Waals surface area contributed by atoms with E-state index in [1.165, 1.54) is 11.3 Å². The summed E-state index contributed by atoms with van der Waals surface area (Å²) in [7, 11) is 0. The Hall–Kier alpha value is -3.26. The molecule has 1 aliphatic rings. The van der Waals surface area contributed by atoms with Gasteiger partial charge in [0, 0.05) is 16.9 Å². The van der Waals surface area contributed by atoms with Gasteiger partial charge in [-0.2, -0.15) is 0 Å². The van der Waals surface area contributed by atoms with Crippen molar-refractivity contribution in [3.63, 3.8) is 0 Å². The van der Waals surface area contributed by atoms with Gasteiger partial charge >= 0.3 is 0 Å². The van der Waals surface area contributed by atoms with Gasteiger partial charge in [0.15, 0.2) is 28.1 Å². The maximum atomic E-state index is 12.8. The van der Waals surface area contributed by atoms with E-state index >= 15 is 0 Å². The van der Waals surface area contributed by atoms with E-state index < -0.39 is 0 Å². The van der Waals surface area contributed by atoms with Crippen LogP contribution >= 0.6 is 11.3 Å². The molecule has 2 heterocycles. The topological polar surface area (TPSA) is 78.9 Å². The minimum Gasteiger partial charge on any atom is -0.490 e. The number of hydrogen-bond acceptors (Lipinski definition) is 7. The average molecular weight is 441 g/mol. The maximum Gasteiger partial charge on any atom is 0.257 e. The summed E-state index contributed by atoms with van der Waals surface area (Å²) in [4.78, 5) is 18.4. The zero-order chi connectivity index (χ0) is 21.8. The quantitative estimate of drug-likeness (QED) is 0.541. The smallest absolute Gasteiger partial charge is 0.257 e. The zero-order valence-electron chi connectivity index (χ0n) is 17.7. The molecule has 0 radical (unpaired) electrons. The Morgan fingerprint density at radius 2 is 1.84 bits per heavy atom. The number of hydrogen-bond donors (Lipinski definition) is 1. The van der Waals surface area contributed by atoms with Crippen molar-refractivity contribution < 1.29 is 23.7 Å². The molecular formula is C23H24N2O5S. The number of nitrogens with one attached hydrogen (secondary N) is 1. The van der Waals surface area contributed by atoms with Crippen LogP contribution in [0.25, 0.3) is 0 Å². The van der Waals surface area contributed by atoms with Crippen LogP contribution in [0, 0.1) is 6.92 Å². The molecule has 0 spiro atoms. The number of amides is 1. The molecule has 4 rings (SSSR count). The minimum atomic E-state index is -0.243. The first-order valence-corrected chi connectivity index (χ1v) is 10.9. The summed E-state index contributed by atoms with van der Waals surface area (Å²) in [6, 6.07) is 11.1. The van der Waals surface area contributed by atoms with Crippen LogP contribution in [0.3, 0.4) is 0 Å². The lowest BCUT2D eigenvalue weighted by molar-refractivity contribution is 0.102. The van der Waals surface area contributed by atoms with E-state index in [1.807, 2.05) is 39.0 Å². The number of anilines is 1. The molecule has 0 saturated carbocycles. The van der Waals surface area contributed by atoms with Crippen molar-refractivity contribution in [1.29, 1.82) is 0 Å². The number of thiazole rings is 1. The normalized spacial score (nSPS) is 12.0. The predicted molar refractivity (Wildman–Crippen MR) is 119 cm³/mol. The summed E-state index contributed by atoms with van der Waals surface area (Å²) in [5, 5.41) is 3.46. The molecule has 3 aromatic rings.